The molecule has 2 aromatic heterocycles. The maximum Gasteiger partial charge on any atom is 0.337 e. The van der Waals surface area contributed by atoms with Gasteiger partial charge in [0.25, 0.3) is 5.69 Å². The van der Waals surface area contributed by atoms with Crippen LogP contribution in [0, 0.1) is 17.0 Å². The van der Waals surface area contributed by atoms with Crippen molar-refractivity contribution < 1.29 is 14.5 Å². The van der Waals surface area contributed by atoms with Gasteiger partial charge in [-0.3, -0.25) is 10.1 Å². The van der Waals surface area contributed by atoms with Gasteiger partial charge in [0.15, 0.2) is 0 Å². The number of allylic oxidation sites excluding steroid dienone is 1. The van der Waals surface area contributed by atoms with Crippen molar-refractivity contribution in [2.24, 2.45) is 0 Å². The van der Waals surface area contributed by atoms with Crippen LogP contribution in [0.25, 0.3) is 11.0 Å². The van der Waals surface area contributed by atoms with Gasteiger partial charge in [-0.2, -0.15) is 5.10 Å². The first-order chi connectivity index (χ1) is 17.4. The van der Waals surface area contributed by atoms with Gasteiger partial charge in [0, 0.05) is 31.8 Å². The molecule has 0 unspecified atom stereocenters. The van der Waals surface area contributed by atoms with Crippen LogP contribution >= 0.6 is 0 Å². The lowest BCUT2D eigenvalue weighted by Gasteiger charge is -2.10. The summed E-state index contributed by atoms with van der Waals surface area (Å²) in [4.78, 5) is 27.5. The molecule has 0 saturated heterocycles. The number of nitro groups is 1. The highest BCUT2D eigenvalue weighted by atomic mass is 16.6. The standard InChI is InChI=1S/C25H27N7O4/c1-4-31-23(15-17(2)29-31)28-25-27-20-16-18(24(33)36-3)11-12-21(20)30(25)14-8-7-13-26-19-9-5-6-10-22(19)32(34)35/h5-12,15-16,26H,4,13-14H2,1-3H3,(H,27,28)/b8-7+. The molecular weight excluding hydrogens is 462 g/mol. The minimum Gasteiger partial charge on any atom is -0.465 e. The summed E-state index contributed by atoms with van der Waals surface area (Å²) in [7, 11) is 1.34. The molecule has 0 aliphatic heterocycles. The number of nitro benzene ring substituents is 1. The normalized spacial score (nSPS) is 11.2. The number of methoxy groups -OCH3 is 1. The average molecular weight is 490 g/mol. The van der Waals surface area contributed by atoms with E-state index in [4.69, 9.17) is 9.72 Å². The highest BCUT2D eigenvalue weighted by Gasteiger charge is 2.15. The minimum absolute atomic E-state index is 0.0298. The van der Waals surface area contributed by atoms with Crippen LogP contribution in [0.4, 0.5) is 23.1 Å². The highest BCUT2D eigenvalue weighted by molar-refractivity contribution is 5.94. The Labute approximate surface area is 207 Å². The van der Waals surface area contributed by atoms with Gasteiger partial charge in [-0.1, -0.05) is 24.3 Å². The SMILES string of the molecule is CCn1nc(C)cc1Nc1nc2cc(C(=O)OC)ccc2n1C/C=C/CNc1ccccc1[N+](=O)[O-]. The quantitative estimate of drug-likeness (QED) is 0.142. The number of benzene rings is 2. The van der Waals surface area contributed by atoms with Gasteiger partial charge in [-0.05, 0) is 38.1 Å². The molecule has 2 heterocycles. The number of aromatic nitrogens is 4. The van der Waals surface area contributed by atoms with Gasteiger partial charge in [0.05, 0.1) is 34.3 Å². The zero-order valence-electron chi connectivity index (χ0n) is 20.3. The number of aryl methyl sites for hydroxylation is 2. The summed E-state index contributed by atoms with van der Waals surface area (Å²) >= 11 is 0. The van der Waals surface area contributed by atoms with Gasteiger partial charge in [-0.25, -0.2) is 14.5 Å². The molecule has 36 heavy (non-hydrogen) atoms. The number of nitrogens with one attached hydrogen (secondary N) is 2. The Kier molecular flexibility index (Phi) is 7.28. The first-order valence-electron chi connectivity index (χ1n) is 11.4. The number of carbonyl (C=O) groups is 1. The number of esters is 1. The predicted octanol–water partition coefficient (Wildman–Crippen LogP) is 4.67. The molecule has 0 atom stereocenters. The predicted molar refractivity (Wildman–Crippen MR) is 138 cm³/mol. The highest BCUT2D eigenvalue weighted by Crippen LogP contribution is 2.25. The third kappa shape index (κ3) is 5.19. The second kappa shape index (κ2) is 10.7. The summed E-state index contributed by atoms with van der Waals surface area (Å²) < 4.78 is 8.68. The number of nitrogens with zero attached hydrogens (tertiary/aromatic N) is 5. The fourth-order valence-corrected chi connectivity index (χ4v) is 3.87. The Morgan fingerprint density at radius 2 is 2.00 bits per heavy atom. The van der Waals surface area contributed by atoms with E-state index in [1.807, 2.05) is 47.4 Å². The molecule has 0 aliphatic rings. The van der Waals surface area contributed by atoms with Crippen molar-refractivity contribution in [3.8, 4) is 0 Å². The topological polar surface area (TPSA) is 129 Å². The van der Waals surface area contributed by atoms with E-state index in [2.05, 4.69) is 15.7 Å². The number of hydrogen-bond acceptors (Lipinski definition) is 8. The van der Waals surface area contributed by atoms with Crippen LogP contribution < -0.4 is 10.6 Å². The van der Waals surface area contributed by atoms with Crippen molar-refractivity contribution in [3.05, 3.63) is 82.1 Å². The summed E-state index contributed by atoms with van der Waals surface area (Å²) in [6, 6.07) is 13.7. The zero-order valence-corrected chi connectivity index (χ0v) is 20.3. The van der Waals surface area contributed by atoms with E-state index in [9.17, 15) is 14.9 Å². The van der Waals surface area contributed by atoms with E-state index in [1.54, 1.807) is 30.3 Å². The van der Waals surface area contributed by atoms with Crippen LogP contribution in [0.3, 0.4) is 0 Å². The molecule has 0 spiro atoms. The molecule has 2 N–H and O–H groups in total. The van der Waals surface area contributed by atoms with E-state index in [0.29, 0.717) is 42.4 Å². The Morgan fingerprint density at radius 1 is 1.19 bits per heavy atom. The summed E-state index contributed by atoms with van der Waals surface area (Å²) in [5, 5.41) is 22.1. The molecule has 0 aliphatic carbocycles. The summed E-state index contributed by atoms with van der Waals surface area (Å²) in [5.41, 5.74) is 3.27. The van der Waals surface area contributed by atoms with Crippen LogP contribution in [0.2, 0.25) is 0 Å². The van der Waals surface area contributed by atoms with Crippen LogP contribution in [0.5, 0.6) is 0 Å². The number of anilines is 3. The average Bonchev–Trinajstić information content (AvgIpc) is 3.41. The summed E-state index contributed by atoms with van der Waals surface area (Å²) in [5.74, 6) is 0.973. The molecule has 0 saturated carbocycles. The van der Waals surface area contributed by atoms with Crippen molar-refractivity contribution in [2.75, 3.05) is 24.3 Å². The third-order valence-corrected chi connectivity index (χ3v) is 5.58. The van der Waals surface area contributed by atoms with E-state index in [0.717, 1.165) is 17.0 Å². The van der Waals surface area contributed by atoms with Crippen molar-refractivity contribution in [3.63, 3.8) is 0 Å². The Hall–Kier alpha value is -4.67. The number of fused-ring (bicyclic) bond motifs is 1. The van der Waals surface area contributed by atoms with E-state index in [1.165, 1.54) is 13.2 Å². The number of rotatable bonds is 10. The lowest BCUT2D eigenvalue weighted by molar-refractivity contribution is -0.383. The van der Waals surface area contributed by atoms with E-state index >= 15 is 0 Å². The number of ether oxygens (including phenoxy) is 1. The maximum atomic E-state index is 12.0. The monoisotopic (exact) mass is 489 g/mol. The second-order valence-corrected chi connectivity index (χ2v) is 7.98. The maximum absolute atomic E-state index is 12.0. The van der Waals surface area contributed by atoms with Gasteiger partial charge in [0.2, 0.25) is 5.95 Å². The molecule has 11 nitrogen and oxygen atoms in total. The van der Waals surface area contributed by atoms with Crippen LogP contribution in [-0.2, 0) is 17.8 Å². The van der Waals surface area contributed by atoms with Gasteiger partial charge in [0.1, 0.15) is 11.5 Å². The molecule has 0 amide bonds. The molecule has 4 aromatic rings. The van der Waals surface area contributed by atoms with Gasteiger partial charge < -0.3 is 19.9 Å². The van der Waals surface area contributed by atoms with Crippen molar-refractivity contribution in [2.45, 2.75) is 26.9 Å². The Morgan fingerprint density at radius 3 is 2.75 bits per heavy atom. The summed E-state index contributed by atoms with van der Waals surface area (Å²) in [6.07, 6.45) is 3.85. The smallest absolute Gasteiger partial charge is 0.337 e. The van der Waals surface area contributed by atoms with Crippen LogP contribution in [-0.4, -0.2) is 43.9 Å². The van der Waals surface area contributed by atoms with Crippen molar-refractivity contribution >= 4 is 40.1 Å². The fraction of sp³-hybridized carbons (Fsp3) is 0.240. The fourth-order valence-electron chi connectivity index (χ4n) is 3.87. The number of carbonyl (C=O) groups excluding carboxylic acids is 1. The minimum atomic E-state index is -0.429. The number of para-hydroxylation sites is 2. The van der Waals surface area contributed by atoms with Gasteiger partial charge >= 0.3 is 5.97 Å². The first kappa shape index (κ1) is 24.5. The largest absolute Gasteiger partial charge is 0.465 e. The molecule has 0 radical (unpaired) electrons. The molecule has 0 fully saturated rings. The summed E-state index contributed by atoms with van der Waals surface area (Å²) in [6.45, 7) is 5.52. The Balaban J connectivity index is 1.59. The molecule has 11 heteroatoms. The lowest BCUT2D eigenvalue weighted by Crippen LogP contribution is -2.08. The molecule has 4 rings (SSSR count). The molecule has 2 aromatic carbocycles. The van der Waals surface area contributed by atoms with Crippen molar-refractivity contribution in [1.82, 2.24) is 19.3 Å². The van der Waals surface area contributed by atoms with Crippen LogP contribution in [0.1, 0.15) is 23.0 Å². The molecular formula is C25H27N7O4. The second-order valence-electron chi connectivity index (χ2n) is 7.98. The van der Waals surface area contributed by atoms with Gasteiger partial charge in [-0.15, -0.1) is 0 Å². The lowest BCUT2D eigenvalue weighted by atomic mass is 10.2. The molecule has 186 valence electrons. The van der Waals surface area contributed by atoms with E-state index < -0.39 is 10.9 Å². The Bertz CT molecular complexity index is 1440. The van der Waals surface area contributed by atoms with E-state index in [-0.39, 0.29) is 5.69 Å². The number of hydrogen-bond donors (Lipinski definition) is 2. The molecule has 0 bridgehead atoms. The third-order valence-electron chi connectivity index (χ3n) is 5.58. The first-order valence-corrected chi connectivity index (χ1v) is 11.4. The van der Waals surface area contributed by atoms with Crippen molar-refractivity contribution in [1.29, 1.82) is 0 Å². The van der Waals surface area contributed by atoms with Crippen LogP contribution in [0.15, 0.2) is 60.7 Å². The zero-order chi connectivity index (χ0) is 25.7. The number of imidazole rings is 1.